The van der Waals surface area contributed by atoms with E-state index in [4.69, 9.17) is 27.4 Å². The van der Waals surface area contributed by atoms with Gasteiger partial charge in [0, 0.05) is 53.6 Å². The zero-order valence-electron chi connectivity index (χ0n) is 21.2. The van der Waals surface area contributed by atoms with E-state index >= 15 is 0 Å². The normalized spacial score (nSPS) is 8.31. The van der Waals surface area contributed by atoms with Crippen LogP contribution >= 0.6 is 0 Å². The number of nitrogens with two attached hydrogens (primary N) is 3. The summed E-state index contributed by atoms with van der Waals surface area (Å²) in [7, 11) is 3.26. The van der Waals surface area contributed by atoms with E-state index in [1.165, 1.54) is 6.92 Å². The van der Waals surface area contributed by atoms with Crippen molar-refractivity contribution in [3.63, 3.8) is 0 Å². The molecule has 5 amide bonds. The number of aliphatic carboxylic acids is 1. The second-order valence-electron chi connectivity index (χ2n) is 6.41. The summed E-state index contributed by atoms with van der Waals surface area (Å²) in [6.07, 6.45) is 3.66. The van der Waals surface area contributed by atoms with Gasteiger partial charge in [-0.3, -0.25) is 55.9 Å². The van der Waals surface area contributed by atoms with Crippen molar-refractivity contribution in [3.8, 4) is 0 Å². The molecule has 0 heterocycles. The van der Waals surface area contributed by atoms with Crippen LogP contribution in [0.1, 0.15) is 65.2 Å². The Balaban J connectivity index is -0.000000216. The van der Waals surface area contributed by atoms with Crippen LogP contribution in [0.3, 0.4) is 0 Å². The Bertz CT molecular complexity index is 683. The van der Waals surface area contributed by atoms with Crippen LogP contribution in [0.5, 0.6) is 0 Å². The molecule has 0 aliphatic carbocycles. The molecule has 0 aromatic carbocycles. The molecule has 0 radical (unpaired) electrons. The van der Waals surface area contributed by atoms with Crippen molar-refractivity contribution >= 4 is 41.5 Å². The summed E-state index contributed by atoms with van der Waals surface area (Å²) in [6, 6.07) is 2.36. The van der Waals surface area contributed by atoms with Crippen LogP contribution in [0.4, 0.5) is 0 Å². The Labute approximate surface area is 210 Å². The number of unbranched alkanes of at least 4 members (excludes halogenated alkanes) is 2. The first-order chi connectivity index (χ1) is 16.9. The number of carbonyl (C=O) groups is 6. The summed E-state index contributed by atoms with van der Waals surface area (Å²) in [4.78, 5) is 69.1. The Hall–Kier alpha value is -3.92. The minimum absolute atomic E-state index is 0.219. The fraction of sp³-hybridized carbons (Fsp3) is 0.632. The number of hydrogen-bond donors (Lipinski definition) is 9. The highest BCUT2D eigenvalue weighted by Crippen LogP contribution is 1.99. The van der Waals surface area contributed by atoms with E-state index in [-0.39, 0.29) is 36.0 Å². The van der Waals surface area contributed by atoms with Crippen LogP contribution in [-0.2, 0) is 28.8 Å². The number of rotatable bonds is 10. The average molecular weight is 521 g/mol. The predicted molar refractivity (Wildman–Crippen MR) is 131 cm³/mol. The highest BCUT2D eigenvalue weighted by Gasteiger charge is 2.03. The van der Waals surface area contributed by atoms with E-state index in [1.54, 1.807) is 14.1 Å². The SMILES string of the molecule is CC(=O)NNC(=O)CCCCC(=O)NN.CC(=O)O.CN=C=NC.NNC(=O)CCCCC(=O)NN. The number of hydrogen-bond acceptors (Lipinski definition) is 11. The molecule has 36 heavy (non-hydrogen) atoms. The van der Waals surface area contributed by atoms with Crippen LogP contribution in [-0.4, -0.2) is 60.7 Å². The molecular weight excluding hydrogens is 480 g/mol. The quantitative estimate of drug-likeness (QED) is 0.0489. The molecule has 0 saturated heterocycles. The number of nitrogens with zero attached hydrogens (tertiary/aromatic N) is 2. The third-order valence-corrected chi connectivity index (χ3v) is 3.18. The largest absolute Gasteiger partial charge is 0.481 e. The van der Waals surface area contributed by atoms with E-state index in [2.05, 4.69) is 26.8 Å². The van der Waals surface area contributed by atoms with Crippen molar-refractivity contribution in [1.29, 1.82) is 0 Å². The van der Waals surface area contributed by atoms with Crippen LogP contribution < -0.4 is 44.7 Å². The average Bonchev–Trinajstić information content (AvgIpc) is 2.83. The summed E-state index contributed by atoms with van der Waals surface area (Å²) < 4.78 is 0. The van der Waals surface area contributed by atoms with Crippen molar-refractivity contribution in [3.05, 3.63) is 0 Å². The molecule has 0 unspecified atom stereocenters. The number of amides is 5. The topological polar surface area (TPSA) is 286 Å². The lowest BCUT2D eigenvalue weighted by Crippen LogP contribution is -2.40. The first-order valence-electron chi connectivity index (χ1n) is 10.6. The third kappa shape index (κ3) is 47.8. The summed E-state index contributed by atoms with van der Waals surface area (Å²) in [5.74, 6) is 12.4. The smallest absolute Gasteiger partial charge is 0.300 e. The second kappa shape index (κ2) is 31.1. The minimum Gasteiger partial charge on any atom is -0.481 e. The molecule has 0 fully saturated rings. The molecule has 0 aromatic heterocycles. The number of carbonyl (C=O) groups excluding carboxylic acids is 5. The van der Waals surface area contributed by atoms with E-state index in [0.717, 1.165) is 6.92 Å². The van der Waals surface area contributed by atoms with Gasteiger partial charge >= 0.3 is 0 Å². The highest BCUT2D eigenvalue weighted by atomic mass is 16.4. The molecular formula is C19H40N10O7. The van der Waals surface area contributed by atoms with Gasteiger partial charge in [-0.1, -0.05) is 0 Å². The first kappa shape index (κ1) is 39.3. The van der Waals surface area contributed by atoms with Gasteiger partial charge in [0.1, 0.15) is 0 Å². The maximum atomic E-state index is 11.0. The minimum atomic E-state index is -0.833. The fourth-order valence-corrected chi connectivity index (χ4v) is 1.68. The molecule has 0 spiro atoms. The summed E-state index contributed by atoms with van der Waals surface area (Å²) >= 11 is 0. The zero-order chi connectivity index (χ0) is 28.8. The lowest BCUT2D eigenvalue weighted by Gasteiger charge is -2.04. The Morgan fingerprint density at radius 3 is 1.11 bits per heavy atom. The van der Waals surface area contributed by atoms with Crippen LogP contribution in [0.25, 0.3) is 0 Å². The van der Waals surface area contributed by atoms with Gasteiger partial charge in [-0.05, 0) is 25.7 Å². The molecule has 17 nitrogen and oxygen atoms in total. The lowest BCUT2D eigenvalue weighted by molar-refractivity contribution is -0.134. The van der Waals surface area contributed by atoms with Gasteiger partial charge in [-0.15, -0.1) is 0 Å². The first-order valence-corrected chi connectivity index (χ1v) is 10.6. The van der Waals surface area contributed by atoms with Crippen molar-refractivity contribution < 1.29 is 33.9 Å². The van der Waals surface area contributed by atoms with Crippen molar-refractivity contribution in [1.82, 2.24) is 27.1 Å². The van der Waals surface area contributed by atoms with Crippen molar-refractivity contribution in [2.24, 2.45) is 27.5 Å². The van der Waals surface area contributed by atoms with E-state index in [9.17, 15) is 24.0 Å². The van der Waals surface area contributed by atoms with Gasteiger partial charge in [0.15, 0.2) is 0 Å². The highest BCUT2D eigenvalue weighted by molar-refractivity contribution is 5.80. The Kier molecular flexibility index (Phi) is 33.9. The monoisotopic (exact) mass is 520 g/mol. The summed E-state index contributed by atoms with van der Waals surface area (Å²) in [5, 5.41) is 7.42. The van der Waals surface area contributed by atoms with Crippen molar-refractivity contribution in [2.45, 2.75) is 65.2 Å². The van der Waals surface area contributed by atoms with Gasteiger partial charge in [-0.25, -0.2) is 27.5 Å². The van der Waals surface area contributed by atoms with Crippen LogP contribution in [0, 0.1) is 0 Å². The van der Waals surface area contributed by atoms with Gasteiger partial charge < -0.3 is 5.11 Å². The third-order valence-electron chi connectivity index (χ3n) is 3.18. The molecule has 0 atom stereocenters. The van der Waals surface area contributed by atoms with Crippen molar-refractivity contribution in [2.75, 3.05) is 14.1 Å². The Morgan fingerprint density at radius 2 is 0.917 bits per heavy atom. The van der Waals surface area contributed by atoms with E-state index in [1.807, 2.05) is 16.3 Å². The van der Waals surface area contributed by atoms with Gasteiger partial charge in [0.2, 0.25) is 29.5 Å². The lowest BCUT2D eigenvalue weighted by atomic mass is 10.2. The standard InChI is InChI=1S/C8H16N4O3.C6H14N4O2.C3H6N2.C2H4O2/c1-6(13)11-12-8(15)5-3-2-4-7(14)10-9;7-9-5(11)3-1-2-4-6(12)10-8;1-4-3-5-2;1-2(3)4/h2-5,9H2,1H3,(H,10,14)(H,11,13)(H,12,15);1-4,7-8H2,(H,9,11)(H,10,12);1-2H3;1H3,(H,3,4). The molecule has 0 aliphatic heterocycles. The predicted octanol–water partition coefficient (Wildman–Crippen LogP) is -2.26. The van der Waals surface area contributed by atoms with Crippen LogP contribution in [0.2, 0.25) is 0 Å². The van der Waals surface area contributed by atoms with Crippen LogP contribution in [0.15, 0.2) is 9.98 Å². The molecule has 0 saturated carbocycles. The van der Waals surface area contributed by atoms with Gasteiger partial charge in [-0.2, -0.15) is 0 Å². The molecule has 208 valence electrons. The number of carboxylic acids is 1. The summed E-state index contributed by atoms with van der Waals surface area (Å²) in [5.41, 5.74) is 10.4. The number of nitrogens with one attached hydrogen (secondary N) is 5. The number of aliphatic imine (C=N–C) groups is 2. The fourth-order valence-electron chi connectivity index (χ4n) is 1.68. The molecule has 12 N–H and O–H groups in total. The maximum Gasteiger partial charge on any atom is 0.300 e. The molecule has 0 bridgehead atoms. The number of carboxylic acid groups (broad SMARTS) is 1. The van der Waals surface area contributed by atoms with E-state index in [0.29, 0.717) is 44.9 Å². The molecule has 17 heteroatoms. The van der Waals surface area contributed by atoms with E-state index < -0.39 is 5.97 Å². The number of hydrazine groups is 4. The Morgan fingerprint density at radius 1 is 0.639 bits per heavy atom. The summed E-state index contributed by atoms with van der Waals surface area (Å²) in [6.45, 7) is 2.38. The second-order valence-corrected chi connectivity index (χ2v) is 6.41. The molecule has 0 aliphatic rings. The maximum absolute atomic E-state index is 11.0. The molecule has 0 aromatic rings. The zero-order valence-corrected chi connectivity index (χ0v) is 21.2. The van der Waals surface area contributed by atoms with Gasteiger partial charge in [0.05, 0.1) is 6.01 Å². The molecule has 0 rings (SSSR count). The van der Waals surface area contributed by atoms with Gasteiger partial charge in [0.25, 0.3) is 5.97 Å².